The molecule has 0 spiro atoms. The minimum atomic E-state index is 0.390. The van der Waals surface area contributed by atoms with Gasteiger partial charge < -0.3 is 14.2 Å². The first kappa shape index (κ1) is 16.0. The molecule has 0 aliphatic carbocycles. The molecule has 0 saturated carbocycles. The van der Waals surface area contributed by atoms with Gasteiger partial charge in [0.05, 0.1) is 12.7 Å². The van der Waals surface area contributed by atoms with Crippen molar-refractivity contribution in [1.29, 1.82) is 0 Å². The number of piperidine rings is 1. The van der Waals surface area contributed by atoms with Gasteiger partial charge in [0.2, 0.25) is 0 Å². The van der Waals surface area contributed by atoms with E-state index < -0.39 is 0 Å². The highest BCUT2D eigenvalue weighted by Crippen LogP contribution is 2.23. The second-order valence-corrected chi connectivity index (χ2v) is 6.68. The molecule has 2 aliphatic rings. The molecule has 124 valence electrons. The van der Waals surface area contributed by atoms with Crippen molar-refractivity contribution in [3.8, 4) is 0 Å². The molecule has 0 bridgehead atoms. The molecule has 2 saturated heterocycles. The van der Waals surface area contributed by atoms with Crippen LogP contribution in [0, 0.1) is 0 Å². The molecule has 1 aromatic heterocycles. The first-order valence-electron chi connectivity index (χ1n) is 8.84. The number of likely N-dealkylation sites (tertiary alicyclic amines) is 1. The Hall–Kier alpha value is -0.910. The Morgan fingerprint density at radius 2 is 2.05 bits per heavy atom. The summed E-state index contributed by atoms with van der Waals surface area (Å²) in [4.78, 5) is 9.67. The number of ether oxygens (including phenoxy) is 1. The summed E-state index contributed by atoms with van der Waals surface area (Å²) in [5.74, 6) is 1.23. The van der Waals surface area contributed by atoms with Crippen molar-refractivity contribution < 1.29 is 4.74 Å². The van der Waals surface area contributed by atoms with E-state index >= 15 is 0 Å². The van der Waals surface area contributed by atoms with E-state index in [-0.39, 0.29) is 0 Å². The average Bonchev–Trinajstić information content (AvgIpc) is 3.02. The number of rotatable bonds is 5. The maximum atomic E-state index is 5.63. The Morgan fingerprint density at radius 3 is 2.82 bits per heavy atom. The monoisotopic (exact) mass is 306 g/mol. The lowest BCUT2D eigenvalue weighted by Gasteiger charge is -2.37. The highest BCUT2D eigenvalue weighted by molar-refractivity contribution is 4.96. The Labute approximate surface area is 134 Å². The Morgan fingerprint density at radius 1 is 1.23 bits per heavy atom. The highest BCUT2D eigenvalue weighted by atomic mass is 16.5. The molecule has 0 N–H and O–H groups in total. The van der Waals surface area contributed by atoms with Crippen molar-refractivity contribution in [2.45, 2.75) is 45.3 Å². The van der Waals surface area contributed by atoms with Gasteiger partial charge in [-0.15, -0.1) is 0 Å². The third-order valence-corrected chi connectivity index (χ3v) is 5.00. The molecule has 1 aromatic rings. The molecular weight excluding hydrogens is 276 g/mol. The highest BCUT2D eigenvalue weighted by Gasteiger charge is 2.23. The molecule has 2 atom stereocenters. The van der Waals surface area contributed by atoms with E-state index in [0.717, 1.165) is 26.1 Å². The quantitative estimate of drug-likeness (QED) is 0.831. The van der Waals surface area contributed by atoms with Crippen LogP contribution in [-0.4, -0.2) is 71.3 Å². The first-order valence-corrected chi connectivity index (χ1v) is 8.84. The van der Waals surface area contributed by atoms with Gasteiger partial charge in [0.25, 0.3) is 0 Å². The molecule has 5 heteroatoms. The summed E-state index contributed by atoms with van der Waals surface area (Å²) < 4.78 is 8.03. The van der Waals surface area contributed by atoms with Gasteiger partial charge in [-0.3, -0.25) is 4.90 Å². The van der Waals surface area contributed by atoms with Gasteiger partial charge in [0.1, 0.15) is 5.82 Å². The normalized spacial score (nSPS) is 28.1. The van der Waals surface area contributed by atoms with E-state index in [2.05, 4.69) is 39.4 Å². The largest absolute Gasteiger partial charge is 0.376 e. The van der Waals surface area contributed by atoms with Gasteiger partial charge in [-0.05, 0) is 26.3 Å². The van der Waals surface area contributed by atoms with Crippen molar-refractivity contribution in [3.63, 3.8) is 0 Å². The zero-order chi connectivity index (χ0) is 15.4. The molecule has 3 heterocycles. The smallest absolute Gasteiger partial charge is 0.108 e. The van der Waals surface area contributed by atoms with E-state index in [1.54, 1.807) is 0 Å². The predicted octanol–water partition coefficient (Wildman–Crippen LogP) is 1.80. The molecule has 0 amide bonds. The van der Waals surface area contributed by atoms with Crippen LogP contribution in [-0.2, 0) is 11.2 Å². The average molecular weight is 306 g/mol. The molecule has 0 radical (unpaired) electrons. The molecule has 2 aliphatic heterocycles. The van der Waals surface area contributed by atoms with E-state index in [4.69, 9.17) is 4.74 Å². The molecular formula is C17H30N4O. The van der Waals surface area contributed by atoms with Crippen molar-refractivity contribution in [1.82, 2.24) is 19.4 Å². The maximum absolute atomic E-state index is 5.63. The van der Waals surface area contributed by atoms with Gasteiger partial charge in [0.15, 0.2) is 0 Å². The zero-order valence-corrected chi connectivity index (χ0v) is 14.1. The van der Waals surface area contributed by atoms with E-state index in [0.29, 0.717) is 12.1 Å². The Kier molecular flexibility index (Phi) is 5.50. The number of hydrogen-bond donors (Lipinski definition) is 0. The third kappa shape index (κ3) is 3.89. The van der Waals surface area contributed by atoms with Crippen LogP contribution in [0.5, 0.6) is 0 Å². The van der Waals surface area contributed by atoms with Crippen LogP contribution in [0.2, 0.25) is 0 Å². The Bertz CT molecular complexity index is 461. The molecule has 5 nitrogen and oxygen atoms in total. The number of aryl methyl sites for hydroxylation is 1. The minimum absolute atomic E-state index is 0.390. The van der Waals surface area contributed by atoms with Gasteiger partial charge in [-0.1, -0.05) is 6.92 Å². The molecule has 3 rings (SSSR count). The van der Waals surface area contributed by atoms with Gasteiger partial charge >= 0.3 is 0 Å². The number of hydrogen-bond acceptors (Lipinski definition) is 4. The van der Waals surface area contributed by atoms with Gasteiger partial charge in [0, 0.05) is 57.6 Å². The standard InChI is InChI=1S/C17H30N4O/c1-3-17-18-6-8-21(17)16-5-4-7-19(14-16)9-10-20-11-12-22-15(2)13-20/h6,8,15-16H,3-5,7,9-14H2,1-2H3/t15-,16-/m0/s1. The van der Waals surface area contributed by atoms with Crippen LogP contribution in [0.1, 0.15) is 38.6 Å². The summed E-state index contributed by atoms with van der Waals surface area (Å²) >= 11 is 0. The lowest BCUT2D eigenvalue weighted by molar-refractivity contribution is -0.0215. The van der Waals surface area contributed by atoms with Crippen LogP contribution in [0.25, 0.3) is 0 Å². The lowest BCUT2D eigenvalue weighted by atomic mass is 10.1. The SMILES string of the molecule is CCc1nccn1[C@H]1CCCN(CCN2CCO[C@@H](C)C2)C1. The number of nitrogens with zero attached hydrogens (tertiary/aromatic N) is 4. The maximum Gasteiger partial charge on any atom is 0.108 e. The fourth-order valence-electron chi connectivity index (χ4n) is 3.79. The predicted molar refractivity (Wildman–Crippen MR) is 88.2 cm³/mol. The van der Waals surface area contributed by atoms with Gasteiger partial charge in [-0.2, -0.15) is 0 Å². The summed E-state index contributed by atoms with van der Waals surface area (Å²) in [7, 11) is 0. The van der Waals surface area contributed by atoms with Crippen molar-refractivity contribution in [2.24, 2.45) is 0 Å². The summed E-state index contributed by atoms with van der Waals surface area (Å²) in [6.07, 6.45) is 8.11. The van der Waals surface area contributed by atoms with E-state index in [9.17, 15) is 0 Å². The summed E-state index contributed by atoms with van der Waals surface area (Å²) in [5.41, 5.74) is 0. The zero-order valence-electron chi connectivity index (χ0n) is 14.1. The fourth-order valence-corrected chi connectivity index (χ4v) is 3.79. The number of imidazole rings is 1. The summed E-state index contributed by atoms with van der Waals surface area (Å²) in [6, 6.07) is 0.606. The summed E-state index contributed by atoms with van der Waals surface area (Å²) in [5, 5.41) is 0. The second-order valence-electron chi connectivity index (χ2n) is 6.68. The topological polar surface area (TPSA) is 33.5 Å². The van der Waals surface area contributed by atoms with Crippen LogP contribution in [0.3, 0.4) is 0 Å². The van der Waals surface area contributed by atoms with Crippen molar-refractivity contribution in [3.05, 3.63) is 18.2 Å². The first-order chi connectivity index (χ1) is 10.8. The molecule has 0 unspecified atom stereocenters. The van der Waals surface area contributed by atoms with E-state index in [1.807, 2.05) is 6.20 Å². The van der Waals surface area contributed by atoms with Crippen molar-refractivity contribution in [2.75, 3.05) is 45.9 Å². The van der Waals surface area contributed by atoms with Crippen LogP contribution >= 0.6 is 0 Å². The lowest BCUT2D eigenvalue weighted by Crippen LogP contribution is -2.46. The molecule has 0 aromatic carbocycles. The van der Waals surface area contributed by atoms with Crippen molar-refractivity contribution >= 4 is 0 Å². The van der Waals surface area contributed by atoms with Crippen LogP contribution in [0.4, 0.5) is 0 Å². The van der Waals surface area contributed by atoms with Crippen LogP contribution < -0.4 is 0 Å². The molecule has 2 fully saturated rings. The molecule has 22 heavy (non-hydrogen) atoms. The Balaban J connectivity index is 1.50. The number of morpholine rings is 1. The summed E-state index contributed by atoms with van der Waals surface area (Å²) in [6.45, 7) is 12.2. The third-order valence-electron chi connectivity index (χ3n) is 5.00. The minimum Gasteiger partial charge on any atom is -0.376 e. The van der Waals surface area contributed by atoms with Crippen LogP contribution in [0.15, 0.2) is 12.4 Å². The van der Waals surface area contributed by atoms with E-state index in [1.165, 1.54) is 44.8 Å². The van der Waals surface area contributed by atoms with Gasteiger partial charge in [-0.25, -0.2) is 4.98 Å². The fraction of sp³-hybridized carbons (Fsp3) is 0.824. The number of aromatic nitrogens is 2. The second kappa shape index (κ2) is 7.57.